The Morgan fingerprint density at radius 3 is 3.00 bits per heavy atom. The number of benzene rings is 1. The molecule has 1 aromatic rings. The van der Waals surface area contributed by atoms with Gasteiger partial charge in [0.1, 0.15) is 11.8 Å². The van der Waals surface area contributed by atoms with E-state index in [-0.39, 0.29) is 18.9 Å². The highest BCUT2D eigenvalue weighted by Crippen LogP contribution is 2.18. The van der Waals surface area contributed by atoms with Crippen LogP contribution in [0.4, 0.5) is 5.69 Å². The van der Waals surface area contributed by atoms with Crippen LogP contribution in [0.15, 0.2) is 24.3 Å². The molecule has 0 aromatic heterocycles. The van der Waals surface area contributed by atoms with Crippen LogP contribution in [-0.4, -0.2) is 54.7 Å². The van der Waals surface area contributed by atoms with E-state index in [2.05, 4.69) is 10.6 Å². The Morgan fingerprint density at radius 2 is 2.29 bits per heavy atom. The van der Waals surface area contributed by atoms with Gasteiger partial charge in [-0.25, -0.2) is 0 Å². The fraction of sp³-hybridized carbons (Fsp3) is 0.438. The quantitative estimate of drug-likeness (QED) is 0.608. The number of esters is 1. The summed E-state index contributed by atoms with van der Waals surface area (Å²) in [6.45, 7) is 3.00. The van der Waals surface area contributed by atoms with E-state index in [4.69, 9.17) is 21.7 Å². The molecule has 8 heteroatoms. The number of amides is 1. The summed E-state index contributed by atoms with van der Waals surface area (Å²) in [5, 5.41) is 6.22. The summed E-state index contributed by atoms with van der Waals surface area (Å²) in [7, 11) is 1.59. The fourth-order valence-corrected chi connectivity index (χ4v) is 2.77. The fourth-order valence-electron chi connectivity index (χ4n) is 2.43. The highest BCUT2D eigenvalue weighted by molar-refractivity contribution is 7.80. The molecule has 1 aliphatic rings. The van der Waals surface area contributed by atoms with Crippen molar-refractivity contribution in [3.63, 3.8) is 0 Å². The molecule has 7 nitrogen and oxygen atoms in total. The second kappa shape index (κ2) is 8.49. The third-order valence-electron chi connectivity index (χ3n) is 3.58. The molecule has 1 aliphatic heterocycles. The summed E-state index contributed by atoms with van der Waals surface area (Å²) in [5.41, 5.74) is 0.750. The van der Waals surface area contributed by atoms with Crippen LogP contribution in [0.2, 0.25) is 0 Å². The molecule has 0 spiro atoms. The molecule has 1 atom stereocenters. The summed E-state index contributed by atoms with van der Waals surface area (Å²) in [5.74, 6) is 0.0417. The highest BCUT2D eigenvalue weighted by Gasteiger charge is 2.33. The molecule has 2 rings (SSSR count). The van der Waals surface area contributed by atoms with Gasteiger partial charge in [-0.15, -0.1) is 0 Å². The maximum Gasteiger partial charge on any atom is 0.308 e. The van der Waals surface area contributed by atoms with Gasteiger partial charge in [-0.2, -0.15) is 0 Å². The lowest BCUT2D eigenvalue weighted by molar-refractivity contribution is -0.147. The normalized spacial score (nSPS) is 17.0. The third kappa shape index (κ3) is 4.58. The first-order valence-corrected chi connectivity index (χ1v) is 8.11. The zero-order chi connectivity index (χ0) is 17.5. The van der Waals surface area contributed by atoms with Gasteiger partial charge in [0.25, 0.3) is 0 Å². The molecule has 0 bridgehead atoms. The molecule has 1 fully saturated rings. The number of nitrogens with one attached hydrogen (secondary N) is 2. The van der Waals surface area contributed by atoms with Gasteiger partial charge in [0, 0.05) is 24.8 Å². The van der Waals surface area contributed by atoms with Crippen LogP contribution >= 0.6 is 12.2 Å². The molecule has 1 aromatic carbocycles. The van der Waals surface area contributed by atoms with Crippen LogP contribution < -0.4 is 15.4 Å². The number of hydrogen-bond donors (Lipinski definition) is 2. The van der Waals surface area contributed by atoms with Gasteiger partial charge in [-0.1, -0.05) is 6.07 Å². The van der Waals surface area contributed by atoms with E-state index in [1.54, 1.807) is 25.0 Å². The van der Waals surface area contributed by atoms with Gasteiger partial charge in [-0.05, 0) is 31.3 Å². The number of nitrogens with zero attached hydrogens (tertiary/aromatic N) is 1. The summed E-state index contributed by atoms with van der Waals surface area (Å²) in [6, 6.07) is 6.63. The lowest BCUT2D eigenvalue weighted by Gasteiger charge is -2.36. The minimum absolute atomic E-state index is 0.0421. The first kappa shape index (κ1) is 18.0. The standard InChI is InChI=1S/C16H21N3O4S/c1-3-23-14(20)10-13-15(21)17-7-8-19(13)16(24)18-11-5-4-6-12(9-11)22-2/h4-6,9,13H,3,7-8,10H2,1-2H3,(H,17,21)(H,18,24)/t13-/m0/s1. The Balaban J connectivity index is 2.09. The lowest BCUT2D eigenvalue weighted by Crippen LogP contribution is -2.58. The predicted octanol–water partition coefficient (Wildman–Crippen LogP) is 1.15. The Bertz CT molecular complexity index is 623. The number of anilines is 1. The van der Waals surface area contributed by atoms with Crippen molar-refractivity contribution in [1.82, 2.24) is 10.2 Å². The van der Waals surface area contributed by atoms with Crippen molar-refractivity contribution in [2.45, 2.75) is 19.4 Å². The molecule has 0 radical (unpaired) electrons. The molecule has 0 aliphatic carbocycles. The molecule has 130 valence electrons. The minimum Gasteiger partial charge on any atom is -0.497 e. The van der Waals surface area contributed by atoms with Crippen LogP contribution in [-0.2, 0) is 14.3 Å². The predicted molar refractivity (Wildman–Crippen MR) is 94.0 cm³/mol. The smallest absolute Gasteiger partial charge is 0.308 e. The van der Waals surface area contributed by atoms with Gasteiger partial charge < -0.3 is 25.0 Å². The number of ether oxygens (including phenoxy) is 2. The van der Waals surface area contributed by atoms with E-state index < -0.39 is 12.0 Å². The van der Waals surface area contributed by atoms with Gasteiger partial charge >= 0.3 is 5.97 Å². The Labute approximate surface area is 146 Å². The summed E-state index contributed by atoms with van der Waals surface area (Å²) >= 11 is 5.42. The maximum absolute atomic E-state index is 12.1. The van der Waals surface area contributed by atoms with Crippen LogP contribution in [0.5, 0.6) is 5.75 Å². The van der Waals surface area contributed by atoms with E-state index >= 15 is 0 Å². The minimum atomic E-state index is -0.677. The first-order valence-electron chi connectivity index (χ1n) is 7.70. The number of carbonyl (C=O) groups is 2. The summed E-state index contributed by atoms with van der Waals surface area (Å²) in [6.07, 6.45) is -0.0421. The van der Waals surface area contributed by atoms with Crippen molar-refractivity contribution < 1.29 is 19.1 Å². The molecule has 0 unspecified atom stereocenters. The zero-order valence-corrected chi connectivity index (χ0v) is 14.5. The van der Waals surface area contributed by atoms with Gasteiger partial charge in [0.15, 0.2) is 5.11 Å². The number of hydrogen-bond acceptors (Lipinski definition) is 5. The Kier molecular flexibility index (Phi) is 6.36. The zero-order valence-electron chi connectivity index (χ0n) is 13.7. The molecule has 2 N–H and O–H groups in total. The van der Waals surface area contributed by atoms with Crippen LogP contribution in [0.3, 0.4) is 0 Å². The van der Waals surface area contributed by atoms with Gasteiger partial charge in [0.05, 0.1) is 20.1 Å². The number of piperazine rings is 1. The van der Waals surface area contributed by atoms with Gasteiger partial charge in [0.2, 0.25) is 5.91 Å². The van der Waals surface area contributed by atoms with Crippen LogP contribution in [0.25, 0.3) is 0 Å². The monoisotopic (exact) mass is 351 g/mol. The number of carbonyl (C=O) groups excluding carboxylic acids is 2. The second-order valence-corrected chi connectivity index (χ2v) is 5.56. The number of methoxy groups -OCH3 is 1. The average molecular weight is 351 g/mol. The molecular weight excluding hydrogens is 330 g/mol. The highest BCUT2D eigenvalue weighted by atomic mass is 32.1. The average Bonchev–Trinajstić information content (AvgIpc) is 2.57. The van der Waals surface area contributed by atoms with Crippen LogP contribution in [0.1, 0.15) is 13.3 Å². The number of rotatable bonds is 5. The molecule has 0 saturated carbocycles. The van der Waals surface area contributed by atoms with Crippen molar-refractivity contribution in [3.05, 3.63) is 24.3 Å². The molecular formula is C16H21N3O4S. The van der Waals surface area contributed by atoms with Crippen molar-refractivity contribution in [2.75, 3.05) is 32.1 Å². The lowest BCUT2D eigenvalue weighted by atomic mass is 10.1. The molecule has 24 heavy (non-hydrogen) atoms. The summed E-state index contributed by atoms with van der Waals surface area (Å²) in [4.78, 5) is 25.6. The SMILES string of the molecule is CCOC(=O)C[C@H]1C(=O)NCCN1C(=S)Nc1cccc(OC)c1. The van der Waals surface area contributed by atoms with Crippen molar-refractivity contribution in [3.8, 4) is 5.75 Å². The van der Waals surface area contributed by atoms with E-state index in [0.717, 1.165) is 5.69 Å². The maximum atomic E-state index is 12.1. The second-order valence-electron chi connectivity index (χ2n) is 5.17. The topological polar surface area (TPSA) is 79.9 Å². The molecule has 1 heterocycles. The van der Waals surface area contributed by atoms with Gasteiger partial charge in [-0.3, -0.25) is 9.59 Å². The van der Waals surface area contributed by atoms with Crippen LogP contribution in [0, 0.1) is 0 Å². The Hall–Kier alpha value is -2.35. The van der Waals surface area contributed by atoms with E-state index in [1.165, 1.54) is 0 Å². The molecule has 1 amide bonds. The largest absolute Gasteiger partial charge is 0.497 e. The van der Waals surface area contributed by atoms with Crippen molar-refractivity contribution >= 4 is 34.9 Å². The van der Waals surface area contributed by atoms with Crippen molar-refractivity contribution in [2.24, 2.45) is 0 Å². The molecule has 1 saturated heterocycles. The number of thiocarbonyl (C=S) groups is 1. The third-order valence-corrected chi connectivity index (χ3v) is 3.91. The Morgan fingerprint density at radius 1 is 1.50 bits per heavy atom. The van der Waals surface area contributed by atoms with E-state index in [0.29, 0.717) is 24.0 Å². The summed E-state index contributed by atoms with van der Waals surface area (Å²) < 4.78 is 10.1. The van der Waals surface area contributed by atoms with E-state index in [1.807, 2.05) is 18.2 Å². The van der Waals surface area contributed by atoms with E-state index in [9.17, 15) is 9.59 Å². The first-order chi connectivity index (χ1) is 11.5. The van der Waals surface area contributed by atoms with Crippen molar-refractivity contribution in [1.29, 1.82) is 0 Å².